The summed E-state index contributed by atoms with van der Waals surface area (Å²) in [6.45, 7) is 2.58. The maximum absolute atomic E-state index is 12.7. The number of nitrogens with zero attached hydrogens (tertiary/aromatic N) is 1. The lowest BCUT2D eigenvalue weighted by molar-refractivity contribution is 0.0788. The first kappa shape index (κ1) is 14.5. The van der Waals surface area contributed by atoms with Crippen LogP contribution in [0.4, 0.5) is 0 Å². The zero-order valence-electron chi connectivity index (χ0n) is 12.4. The number of benzene rings is 1. The molecule has 4 nitrogen and oxygen atoms in total. The number of rotatable bonds is 3. The molecule has 22 heavy (non-hydrogen) atoms. The van der Waals surface area contributed by atoms with Gasteiger partial charge >= 0.3 is 0 Å². The molecule has 3 aromatic rings. The van der Waals surface area contributed by atoms with Crippen LogP contribution in [0.15, 0.2) is 46.6 Å². The number of aromatic nitrogens is 1. The number of H-pyrrole nitrogens is 1. The van der Waals surface area contributed by atoms with Gasteiger partial charge in [-0.05, 0) is 30.0 Å². The first-order chi connectivity index (χ1) is 10.6. The van der Waals surface area contributed by atoms with Crippen LogP contribution in [0.1, 0.15) is 20.8 Å². The summed E-state index contributed by atoms with van der Waals surface area (Å²) < 4.78 is 0. The van der Waals surface area contributed by atoms with E-state index in [2.05, 4.69) is 4.98 Å². The Morgan fingerprint density at radius 2 is 2.05 bits per heavy atom. The van der Waals surface area contributed by atoms with E-state index >= 15 is 0 Å². The van der Waals surface area contributed by atoms with Crippen molar-refractivity contribution in [3.05, 3.63) is 68.1 Å². The Kier molecular flexibility index (Phi) is 3.81. The minimum absolute atomic E-state index is 0.143. The van der Waals surface area contributed by atoms with Crippen molar-refractivity contribution in [1.29, 1.82) is 0 Å². The molecule has 0 aliphatic carbocycles. The van der Waals surface area contributed by atoms with Crippen molar-refractivity contribution in [2.24, 2.45) is 0 Å². The lowest BCUT2D eigenvalue weighted by atomic mass is 10.1. The second kappa shape index (κ2) is 5.77. The van der Waals surface area contributed by atoms with Gasteiger partial charge in [0.15, 0.2) is 0 Å². The third kappa shape index (κ3) is 2.67. The number of hydrogen-bond acceptors (Lipinski definition) is 3. The molecule has 1 aromatic carbocycles. The van der Waals surface area contributed by atoms with Crippen molar-refractivity contribution in [2.75, 3.05) is 7.05 Å². The zero-order chi connectivity index (χ0) is 15.7. The molecule has 0 fully saturated rings. The fraction of sp³-hybridized carbons (Fsp3) is 0.176. The number of amides is 1. The Bertz CT molecular complexity index is 895. The van der Waals surface area contributed by atoms with E-state index < -0.39 is 0 Å². The van der Waals surface area contributed by atoms with Crippen molar-refractivity contribution >= 4 is 28.1 Å². The molecule has 5 heteroatoms. The van der Waals surface area contributed by atoms with E-state index in [-0.39, 0.29) is 11.5 Å². The van der Waals surface area contributed by atoms with Gasteiger partial charge < -0.3 is 9.88 Å². The van der Waals surface area contributed by atoms with E-state index in [1.165, 1.54) is 11.6 Å². The van der Waals surface area contributed by atoms with Gasteiger partial charge in [0.1, 0.15) is 0 Å². The smallest absolute Gasteiger partial charge is 0.254 e. The van der Waals surface area contributed by atoms with Crippen LogP contribution in [0.5, 0.6) is 0 Å². The first-order valence-corrected chi connectivity index (χ1v) is 7.85. The number of hydrogen-bond donors (Lipinski definition) is 1. The molecule has 3 rings (SSSR count). The van der Waals surface area contributed by atoms with Crippen LogP contribution in [-0.2, 0) is 6.54 Å². The number of carbonyl (C=O) groups excluding carboxylic acids is 1. The third-order valence-corrected chi connectivity index (χ3v) is 4.68. The predicted octanol–water partition coefficient (Wildman–Crippen LogP) is 3.17. The number of nitrogens with one attached hydrogen (secondary N) is 1. The Balaban J connectivity index is 1.98. The Labute approximate surface area is 132 Å². The van der Waals surface area contributed by atoms with Gasteiger partial charge in [0.05, 0.1) is 12.1 Å². The van der Waals surface area contributed by atoms with Gasteiger partial charge in [-0.3, -0.25) is 9.59 Å². The normalized spacial score (nSPS) is 10.8. The summed E-state index contributed by atoms with van der Waals surface area (Å²) in [5, 5.41) is 2.79. The van der Waals surface area contributed by atoms with Crippen LogP contribution in [0, 0.1) is 6.92 Å². The highest BCUT2D eigenvalue weighted by molar-refractivity contribution is 7.10. The van der Waals surface area contributed by atoms with Gasteiger partial charge in [0.2, 0.25) is 5.56 Å². The van der Waals surface area contributed by atoms with Gasteiger partial charge in [0.25, 0.3) is 5.91 Å². The Hall–Kier alpha value is -2.40. The van der Waals surface area contributed by atoms with Gasteiger partial charge in [-0.25, -0.2) is 0 Å². The fourth-order valence-corrected chi connectivity index (χ4v) is 3.40. The molecule has 0 aliphatic heterocycles. The summed E-state index contributed by atoms with van der Waals surface area (Å²) in [6.07, 6.45) is 0. The maximum Gasteiger partial charge on any atom is 0.254 e. The highest BCUT2D eigenvalue weighted by Crippen LogP contribution is 2.20. The molecular weight excluding hydrogens is 296 g/mol. The molecule has 2 aromatic heterocycles. The molecule has 0 saturated heterocycles. The second-order valence-corrected chi connectivity index (χ2v) is 6.28. The van der Waals surface area contributed by atoms with Gasteiger partial charge in [-0.2, -0.15) is 0 Å². The molecule has 0 spiro atoms. The van der Waals surface area contributed by atoms with Crippen LogP contribution in [-0.4, -0.2) is 22.8 Å². The summed E-state index contributed by atoms with van der Waals surface area (Å²) in [5.41, 5.74) is 2.04. The van der Waals surface area contributed by atoms with Crippen LogP contribution in [0.3, 0.4) is 0 Å². The van der Waals surface area contributed by atoms with Crippen LogP contribution >= 0.6 is 11.3 Å². The second-order valence-electron chi connectivity index (χ2n) is 5.28. The zero-order valence-corrected chi connectivity index (χ0v) is 13.2. The summed E-state index contributed by atoms with van der Waals surface area (Å²) in [5.74, 6) is -0.143. The van der Waals surface area contributed by atoms with Crippen LogP contribution < -0.4 is 5.56 Å². The standard InChI is InChI=1S/C17H16N2O2S/c1-11-7-8-22-15(11)10-19(2)17(21)13-9-16(20)18-14-6-4-3-5-12(13)14/h3-9H,10H2,1-2H3,(H,18,20). The van der Waals surface area contributed by atoms with E-state index in [0.717, 1.165) is 10.3 Å². The number of carbonyl (C=O) groups is 1. The third-order valence-electron chi connectivity index (χ3n) is 3.68. The van der Waals surface area contributed by atoms with Crippen molar-refractivity contribution < 1.29 is 4.79 Å². The molecule has 1 N–H and O–H groups in total. The molecule has 0 radical (unpaired) electrons. The SMILES string of the molecule is Cc1ccsc1CN(C)C(=O)c1cc(=O)[nH]c2ccccc12. The number of thiophene rings is 1. The number of aromatic amines is 1. The van der Waals surface area contributed by atoms with E-state index in [1.807, 2.05) is 36.6 Å². The van der Waals surface area contributed by atoms with Crippen molar-refractivity contribution in [3.8, 4) is 0 Å². The molecule has 0 atom stereocenters. The molecule has 112 valence electrons. The molecular formula is C17H16N2O2S. The highest BCUT2D eigenvalue weighted by Gasteiger charge is 2.17. The Morgan fingerprint density at radius 1 is 1.27 bits per heavy atom. The fourth-order valence-electron chi connectivity index (χ4n) is 2.44. The maximum atomic E-state index is 12.7. The van der Waals surface area contributed by atoms with E-state index in [4.69, 9.17) is 0 Å². The topological polar surface area (TPSA) is 53.2 Å². The van der Waals surface area contributed by atoms with E-state index in [9.17, 15) is 9.59 Å². The molecule has 0 bridgehead atoms. The number of para-hydroxylation sites is 1. The van der Waals surface area contributed by atoms with Crippen molar-refractivity contribution in [3.63, 3.8) is 0 Å². The minimum atomic E-state index is -0.261. The highest BCUT2D eigenvalue weighted by atomic mass is 32.1. The van der Waals surface area contributed by atoms with E-state index in [0.29, 0.717) is 17.6 Å². The summed E-state index contributed by atoms with van der Waals surface area (Å²) >= 11 is 1.64. The molecule has 0 unspecified atom stereocenters. The quantitative estimate of drug-likeness (QED) is 0.807. The van der Waals surface area contributed by atoms with Crippen LogP contribution in [0.2, 0.25) is 0 Å². The van der Waals surface area contributed by atoms with E-state index in [1.54, 1.807) is 29.4 Å². The van der Waals surface area contributed by atoms with Gasteiger partial charge in [0, 0.05) is 28.9 Å². The van der Waals surface area contributed by atoms with Crippen molar-refractivity contribution in [2.45, 2.75) is 13.5 Å². The lowest BCUT2D eigenvalue weighted by Gasteiger charge is -2.18. The molecule has 2 heterocycles. The first-order valence-electron chi connectivity index (χ1n) is 6.97. The lowest BCUT2D eigenvalue weighted by Crippen LogP contribution is -2.27. The average molecular weight is 312 g/mol. The monoisotopic (exact) mass is 312 g/mol. The molecule has 0 aliphatic rings. The summed E-state index contributed by atoms with van der Waals surface area (Å²) in [4.78, 5) is 30.1. The van der Waals surface area contributed by atoms with Gasteiger partial charge in [-0.15, -0.1) is 11.3 Å². The largest absolute Gasteiger partial charge is 0.337 e. The average Bonchev–Trinajstić information content (AvgIpc) is 2.90. The molecule has 1 amide bonds. The predicted molar refractivity (Wildman–Crippen MR) is 89.4 cm³/mol. The Morgan fingerprint density at radius 3 is 2.77 bits per heavy atom. The number of aryl methyl sites for hydroxylation is 1. The van der Waals surface area contributed by atoms with Crippen LogP contribution in [0.25, 0.3) is 10.9 Å². The minimum Gasteiger partial charge on any atom is -0.337 e. The number of pyridine rings is 1. The van der Waals surface area contributed by atoms with Crippen molar-refractivity contribution in [1.82, 2.24) is 9.88 Å². The number of fused-ring (bicyclic) bond motifs is 1. The van der Waals surface area contributed by atoms with Gasteiger partial charge in [-0.1, -0.05) is 18.2 Å². The molecule has 0 saturated carbocycles. The summed E-state index contributed by atoms with van der Waals surface area (Å²) in [7, 11) is 1.76. The summed E-state index contributed by atoms with van der Waals surface area (Å²) in [6, 6.07) is 10.8.